The summed E-state index contributed by atoms with van der Waals surface area (Å²) in [6.07, 6.45) is 24.9. The fourth-order valence-electron chi connectivity index (χ4n) is 7.27. The molecule has 0 unspecified atom stereocenters. The van der Waals surface area contributed by atoms with E-state index in [0.29, 0.717) is 24.3 Å². The van der Waals surface area contributed by atoms with Gasteiger partial charge in [-0.15, -0.1) is 0 Å². The van der Waals surface area contributed by atoms with Crippen molar-refractivity contribution in [3.8, 4) is 0 Å². The van der Waals surface area contributed by atoms with Gasteiger partial charge in [-0.3, -0.25) is 0 Å². The summed E-state index contributed by atoms with van der Waals surface area (Å²) in [4.78, 5) is 0. The molecule has 0 saturated heterocycles. The van der Waals surface area contributed by atoms with Crippen LogP contribution in [0.4, 0.5) is 8.78 Å². The molecule has 0 N–H and O–H groups in total. The van der Waals surface area contributed by atoms with Crippen LogP contribution in [0.1, 0.15) is 139 Å². The smallest absolute Gasteiger partial charge is 0.142 e. The molecule has 2 fully saturated rings. The first-order valence-electron chi connectivity index (χ1n) is 16.2. The zero-order valence-corrected chi connectivity index (χ0v) is 25.1. The van der Waals surface area contributed by atoms with E-state index in [1.165, 1.54) is 115 Å². The van der Waals surface area contributed by atoms with Crippen molar-refractivity contribution in [2.45, 2.75) is 135 Å². The van der Waals surface area contributed by atoms with Crippen LogP contribution in [0.2, 0.25) is 5.02 Å². The van der Waals surface area contributed by atoms with E-state index >= 15 is 0 Å². The average molecular weight is 557 g/mol. The maximum atomic E-state index is 14.9. The highest BCUT2D eigenvalue weighted by atomic mass is 35.5. The number of aryl methyl sites for hydroxylation is 2. The van der Waals surface area contributed by atoms with E-state index in [-0.39, 0.29) is 10.8 Å². The van der Waals surface area contributed by atoms with Crippen LogP contribution in [-0.4, -0.2) is 0 Å². The van der Waals surface area contributed by atoms with Crippen molar-refractivity contribution in [3.63, 3.8) is 0 Å². The standard InChI is InChI=1S/C36H51ClF2/c1-2-3-4-5-6-7-8-27-9-11-28(12-10-27)13-14-29-15-19-31(20-16-29)33-23-22-32(35(38)26-33)21-17-30-18-24-34(37)36(39)25-30/h18,22-29,31H,2-17,19-21H2,1H3. The average Bonchev–Trinajstić information content (AvgIpc) is 2.96. The summed E-state index contributed by atoms with van der Waals surface area (Å²) in [5, 5.41) is 0.130. The molecule has 0 aromatic heterocycles. The fourth-order valence-corrected chi connectivity index (χ4v) is 7.39. The lowest BCUT2D eigenvalue weighted by atomic mass is 9.74. The molecular formula is C36H51ClF2. The van der Waals surface area contributed by atoms with E-state index < -0.39 is 5.82 Å². The third-order valence-corrected chi connectivity index (χ3v) is 10.3. The highest BCUT2D eigenvalue weighted by molar-refractivity contribution is 6.30. The van der Waals surface area contributed by atoms with Crippen molar-refractivity contribution in [1.82, 2.24) is 0 Å². The van der Waals surface area contributed by atoms with Crippen molar-refractivity contribution in [3.05, 3.63) is 69.7 Å². The molecule has 3 heteroatoms. The quantitative estimate of drug-likeness (QED) is 0.203. The summed E-state index contributed by atoms with van der Waals surface area (Å²) in [6, 6.07) is 10.7. The Morgan fingerprint density at radius 2 is 1.26 bits per heavy atom. The van der Waals surface area contributed by atoms with Crippen molar-refractivity contribution >= 4 is 11.6 Å². The minimum absolute atomic E-state index is 0.115. The van der Waals surface area contributed by atoms with Gasteiger partial charge in [0.05, 0.1) is 5.02 Å². The molecule has 2 saturated carbocycles. The fraction of sp³-hybridized carbons (Fsp3) is 0.667. The molecule has 0 radical (unpaired) electrons. The summed E-state index contributed by atoms with van der Waals surface area (Å²) in [5.41, 5.74) is 2.72. The molecule has 0 spiro atoms. The Labute approximate surface area is 242 Å². The topological polar surface area (TPSA) is 0 Å². The predicted octanol–water partition coefficient (Wildman–Crippen LogP) is 12.0. The second-order valence-corrected chi connectivity index (χ2v) is 13.2. The predicted molar refractivity (Wildman–Crippen MR) is 163 cm³/mol. The van der Waals surface area contributed by atoms with E-state index in [1.807, 2.05) is 12.1 Å². The van der Waals surface area contributed by atoms with Crippen LogP contribution < -0.4 is 0 Å². The highest BCUT2D eigenvalue weighted by Gasteiger charge is 2.25. The Bertz CT molecular complexity index is 986. The lowest BCUT2D eigenvalue weighted by Crippen LogP contribution is -2.18. The summed E-state index contributed by atoms with van der Waals surface area (Å²) >= 11 is 5.77. The van der Waals surface area contributed by atoms with E-state index in [2.05, 4.69) is 13.0 Å². The molecule has 216 valence electrons. The minimum atomic E-state index is -0.410. The Morgan fingerprint density at radius 3 is 1.90 bits per heavy atom. The summed E-state index contributed by atoms with van der Waals surface area (Å²) in [7, 11) is 0. The van der Waals surface area contributed by atoms with Crippen LogP contribution in [0.3, 0.4) is 0 Å². The molecular weight excluding hydrogens is 506 g/mol. The normalized spacial score (nSPS) is 23.7. The third-order valence-electron chi connectivity index (χ3n) is 9.98. The first-order valence-corrected chi connectivity index (χ1v) is 16.6. The van der Waals surface area contributed by atoms with E-state index in [4.69, 9.17) is 11.6 Å². The molecule has 2 aromatic rings. The number of hydrogen-bond acceptors (Lipinski definition) is 0. The molecule has 2 aromatic carbocycles. The number of rotatable bonds is 14. The van der Waals surface area contributed by atoms with Crippen LogP contribution in [0.5, 0.6) is 0 Å². The summed E-state index contributed by atoms with van der Waals surface area (Å²) in [6.45, 7) is 2.30. The van der Waals surface area contributed by atoms with Crippen LogP contribution in [0, 0.1) is 29.4 Å². The Balaban J connectivity index is 1.11. The Hall–Kier alpha value is -1.41. The van der Waals surface area contributed by atoms with Gasteiger partial charge in [0.15, 0.2) is 0 Å². The molecule has 39 heavy (non-hydrogen) atoms. The van der Waals surface area contributed by atoms with Gasteiger partial charge in [0, 0.05) is 0 Å². The van der Waals surface area contributed by atoms with Gasteiger partial charge in [0.25, 0.3) is 0 Å². The number of hydrogen-bond donors (Lipinski definition) is 0. The number of halogens is 3. The Kier molecular flexibility index (Phi) is 12.6. The minimum Gasteiger partial charge on any atom is -0.207 e. The first kappa shape index (κ1) is 30.5. The molecule has 2 aliphatic carbocycles. The molecule has 4 rings (SSSR count). The number of unbranched alkanes of at least 4 members (excludes halogenated alkanes) is 5. The van der Waals surface area contributed by atoms with Crippen LogP contribution in [0.15, 0.2) is 36.4 Å². The number of benzene rings is 2. The second kappa shape index (κ2) is 16.1. The van der Waals surface area contributed by atoms with Crippen LogP contribution in [-0.2, 0) is 12.8 Å². The summed E-state index contributed by atoms with van der Waals surface area (Å²) < 4.78 is 28.6. The maximum absolute atomic E-state index is 14.9. The molecule has 0 nitrogen and oxygen atoms in total. The van der Waals surface area contributed by atoms with Gasteiger partial charge in [0.1, 0.15) is 11.6 Å². The van der Waals surface area contributed by atoms with Crippen LogP contribution in [0.25, 0.3) is 0 Å². The molecule has 0 aliphatic heterocycles. The van der Waals surface area contributed by atoms with Gasteiger partial charge in [-0.25, -0.2) is 8.78 Å². The summed E-state index contributed by atoms with van der Waals surface area (Å²) in [5.74, 6) is 2.81. The maximum Gasteiger partial charge on any atom is 0.142 e. The first-order chi connectivity index (χ1) is 19.0. The lowest BCUT2D eigenvalue weighted by molar-refractivity contribution is 0.222. The van der Waals surface area contributed by atoms with Crippen molar-refractivity contribution in [2.24, 2.45) is 17.8 Å². The van der Waals surface area contributed by atoms with Gasteiger partial charge >= 0.3 is 0 Å². The van der Waals surface area contributed by atoms with E-state index in [9.17, 15) is 8.78 Å². The Morgan fingerprint density at radius 1 is 0.641 bits per heavy atom. The van der Waals surface area contributed by atoms with Crippen molar-refractivity contribution < 1.29 is 8.78 Å². The van der Waals surface area contributed by atoms with Gasteiger partial charge in [-0.05, 0) is 97.1 Å². The largest absolute Gasteiger partial charge is 0.207 e. The molecule has 0 atom stereocenters. The highest BCUT2D eigenvalue weighted by Crippen LogP contribution is 2.40. The lowest BCUT2D eigenvalue weighted by Gasteiger charge is -2.32. The van der Waals surface area contributed by atoms with Crippen molar-refractivity contribution in [2.75, 3.05) is 0 Å². The molecule has 0 bridgehead atoms. The van der Waals surface area contributed by atoms with E-state index in [0.717, 1.165) is 28.9 Å². The van der Waals surface area contributed by atoms with Gasteiger partial charge in [-0.1, -0.05) is 120 Å². The van der Waals surface area contributed by atoms with Gasteiger partial charge in [0.2, 0.25) is 0 Å². The van der Waals surface area contributed by atoms with Gasteiger partial charge in [-0.2, -0.15) is 0 Å². The molecule has 0 heterocycles. The van der Waals surface area contributed by atoms with Crippen LogP contribution >= 0.6 is 11.6 Å². The zero-order chi connectivity index (χ0) is 27.5. The SMILES string of the molecule is CCCCCCCCC1CCC(CCC2CCC(c3ccc(CCc4ccc(Cl)c(F)c4)c(F)c3)CC2)CC1. The van der Waals surface area contributed by atoms with Crippen molar-refractivity contribution in [1.29, 1.82) is 0 Å². The molecule has 2 aliphatic rings. The van der Waals surface area contributed by atoms with Gasteiger partial charge < -0.3 is 0 Å². The monoisotopic (exact) mass is 556 g/mol. The van der Waals surface area contributed by atoms with E-state index in [1.54, 1.807) is 12.1 Å². The second-order valence-electron chi connectivity index (χ2n) is 12.8. The third kappa shape index (κ3) is 9.87. The zero-order valence-electron chi connectivity index (χ0n) is 24.3. The molecule has 0 amide bonds.